The highest BCUT2D eigenvalue weighted by Crippen LogP contribution is 2.31. The molecule has 0 bridgehead atoms. The number of anilines is 1. The van der Waals surface area contributed by atoms with E-state index in [9.17, 15) is 14.4 Å². The number of carbonyl (C=O) groups excluding carboxylic acids is 2. The van der Waals surface area contributed by atoms with Gasteiger partial charge in [-0.1, -0.05) is 25.1 Å². The number of thiocarbonyl (C=S) groups is 1. The van der Waals surface area contributed by atoms with Crippen LogP contribution in [0.1, 0.15) is 41.3 Å². The molecule has 3 aromatic rings. The van der Waals surface area contributed by atoms with Gasteiger partial charge in [-0.25, -0.2) is 4.79 Å². The Morgan fingerprint density at radius 1 is 1.05 bits per heavy atom. The van der Waals surface area contributed by atoms with Gasteiger partial charge in [-0.15, -0.1) is 0 Å². The fourth-order valence-electron chi connectivity index (χ4n) is 3.66. The minimum absolute atomic E-state index is 0.0131. The number of aryl methyl sites for hydroxylation is 1. The lowest BCUT2D eigenvalue weighted by molar-refractivity contribution is -0.122. The number of amides is 2. The highest BCUT2D eigenvalue weighted by Gasteiger charge is 2.34. The molecule has 0 radical (unpaired) electrons. The number of benzene rings is 2. The first kappa shape index (κ1) is 25.6. The maximum atomic E-state index is 13.3. The van der Waals surface area contributed by atoms with Gasteiger partial charge in [0.1, 0.15) is 17.9 Å². The van der Waals surface area contributed by atoms with Gasteiger partial charge in [0, 0.05) is 0 Å². The van der Waals surface area contributed by atoms with Gasteiger partial charge in [-0.3, -0.25) is 19.8 Å². The van der Waals surface area contributed by atoms with Crippen molar-refractivity contribution in [3.8, 4) is 11.5 Å². The Balaban J connectivity index is 1.58. The molecule has 1 aromatic heterocycles. The van der Waals surface area contributed by atoms with E-state index in [0.29, 0.717) is 35.1 Å². The van der Waals surface area contributed by atoms with Gasteiger partial charge < -0.3 is 19.0 Å². The van der Waals surface area contributed by atoms with E-state index >= 15 is 0 Å². The second kappa shape index (κ2) is 11.1. The average Bonchev–Trinajstić information content (AvgIpc) is 3.36. The quantitative estimate of drug-likeness (QED) is 0.243. The normalized spacial score (nSPS) is 14.6. The summed E-state index contributed by atoms with van der Waals surface area (Å²) < 4.78 is 16.7. The van der Waals surface area contributed by atoms with Crippen molar-refractivity contribution in [2.75, 3.05) is 11.5 Å². The summed E-state index contributed by atoms with van der Waals surface area (Å²) in [6, 6.07) is 15.2. The molecule has 1 aliphatic heterocycles. The highest BCUT2D eigenvalue weighted by molar-refractivity contribution is 7.80. The molecule has 1 fully saturated rings. The number of aromatic carboxylic acids is 1. The number of nitrogens with zero attached hydrogens (tertiary/aromatic N) is 1. The van der Waals surface area contributed by atoms with Gasteiger partial charge in [0.05, 0.1) is 12.3 Å². The molecule has 37 heavy (non-hydrogen) atoms. The molecular weight excluding hydrogens is 496 g/mol. The van der Waals surface area contributed by atoms with Crippen molar-refractivity contribution in [3.63, 3.8) is 0 Å². The summed E-state index contributed by atoms with van der Waals surface area (Å²) in [6.45, 7) is 4.17. The van der Waals surface area contributed by atoms with Crippen molar-refractivity contribution >= 4 is 46.9 Å². The molecule has 1 aliphatic rings. The topological polar surface area (TPSA) is 118 Å². The Morgan fingerprint density at radius 3 is 2.46 bits per heavy atom. The van der Waals surface area contributed by atoms with E-state index in [1.807, 2.05) is 19.1 Å². The van der Waals surface area contributed by atoms with Crippen LogP contribution in [-0.4, -0.2) is 34.6 Å². The lowest BCUT2D eigenvalue weighted by atomic mass is 10.1. The van der Waals surface area contributed by atoms with Gasteiger partial charge in [-0.2, -0.15) is 0 Å². The molecule has 10 heteroatoms. The minimum Gasteiger partial charge on any atom is -0.490 e. The molecule has 190 valence electrons. The van der Waals surface area contributed by atoms with Gasteiger partial charge in [0.15, 0.2) is 16.6 Å². The predicted molar refractivity (Wildman–Crippen MR) is 140 cm³/mol. The third-order valence-corrected chi connectivity index (χ3v) is 5.81. The number of rotatable bonds is 9. The number of carboxylic acid groups (broad SMARTS) is 1. The molecule has 1 saturated heterocycles. The number of ether oxygens (including phenoxy) is 2. The second-order valence-corrected chi connectivity index (χ2v) is 8.36. The van der Waals surface area contributed by atoms with Crippen molar-refractivity contribution in [2.45, 2.75) is 26.9 Å². The molecule has 2 aromatic carbocycles. The maximum absolute atomic E-state index is 13.3. The summed E-state index contributed by atoms with van der Waals surface area (Å²) in [4.78, 5) is 38.2. The first-order valence-corrected chi connectivity index (χ1v) is 11.9. The number of furan rings is 1. The summed E-state index contributed by atoms with van der Waals surface area (Å²) in [5, 5.41) is 11.6. The Labute approximate surface area is 218 Å². The average molecular weight is 521 g/mol. The summed E-state index contributed by atoms with van der Waals surface area (Å²) >= 11 is 5.27. The minimum atomic E-state index is -1.17. The van der Waals surface area contributed by atoms with Crippen molar-refractivity contribution in [2.24, 2.45) is 0 Å². The lowest BCUT2D eigenvalue weighted by Crippen LogP contribution is -2.54. The number of hydrogen-bond acceptors (Lipinski definition) is 7. The Morgan fingerprint density at radius 2 is 1.81 bits per heavy atom. The van der Waals surface area contributed by atoms with Crippen LogP contribution in [-0.2, 0) is 22.6 Å². The molecule has 0 aliphatic carbocycles. The lowest BCUT2D eigenvalue weighted by Gasteiger charge is -2.29. The monoisotopic (exact) mass is 520 g/mol. The smallest absolute Gasteiger partial charge is 0.371 e. The van der Waals surface area contributed by atoms with Gasteiger partial charge in [-0.05, 0) is 79.2 Å². The molecule has 0 spiro atoms. The fraction of sp³-hybridized carbons (Fsp3) is 0.185. The van der Waals surface area contributed by atoms with Gasteiger partial charge in [0.25, 0.3) is 11.8 Å². The third kappa shape index (κ3) is 5.70. The van der Waals surface area contributed by atoms with Crippen LogP contribution in [0.3, 0.4) is 0 Å². The Kier molecular flexibility index (Phi) is 7.69. The highest BCUT2D eigenvalue weighted by atomic mass is 32.1. The standard InChI is InChI=1S/C27H24N2O7S/c1-3-16-5-8-18(9-6-16)29-25(31)20(24(30)28-27(29)37)13-17-7-11-21(23(14-17)34-4-2)35-15-19-10-12-22(36-19)26(32)33/h5-14H,3-4,15H2,1-2H3,(H,32,33)(H,28,30,37). The second-order valence-electron chi connectivity index (χ2n) is 7.98. The molecule has 2 N–H and O–H groups in total. The first-order chi connectivity index (χ1) is 17.8. The zero-order chi connectivity index (χ0) is 26.5. The predicted octanol–water partition coefficient (Wildman–Crippen LogP) is 4.35. The van der Waals surface area contributed by atoms with Crippen LogP contribution in [0.25, 0.3) is 6.08 Å². The van der Waals surface area contributed by atoms with Crippen LogP contribution >= 0.6 is 12.2 Å². The number of carbonyl (C=O) groups is 3. The Bertz CT molecular complexity index is 1390. The first-order valence-electron chi connectivity index (χ1n) is 11.5. The molecule has 2 amide bonds. The maximum Gasteiger partial charge on any atom is 0.371 e. The van der Waals surface area contributed by atoms with Crippen LogP contribution in [0.2, 0.25) is 0 Å². The fourth-order valence-corrected chi connectivity index (χ4v) is 3.94. The third-order valence-electron chi connectivity index (χ3n) is 5.53. The van der Waals surface area contributed by atoms with Crippen LogP contribution < -0.4 is 19.7 Å². The zero-order valence-electron chi connectivity index (χ0n) is 20.1. The SMILES string of the molecule is CCOc1cc(C=C2C(=O)NC(=S)N(c3ccc(CC)cc3)C2=O)ccc1OCc1ccc(C(=O)O)o1. The van der Waals surface area contributed by atoms with E-state index in [2.05, 4.69) is 5.32 Å². The summed E-state index contributed by atoms with van der Waals surface area (Å²) in [5.41, 5.74) is 2.12. The number of carboxylic acids is 1. The largest absolute Gasteiger partial charge is 0.490 e. The number of hydrogen-bond donors (Lipinski definition) is 2. The molecule has 0 unspecified atom stereocenters. The molecule has 2 heterocycles. The van der Waals surface area contributed by atoms with E-state index in [0.717, 1.165) is 12.0 Å². The summed E-state index contributed by atoms with van der Waals surface area (Å²) in [5.74, 6) is -1.39. The van der Waals surface area contributed by atoms with Gasteiger partial charge >= 0.3 is 5.97 Å². The molecule has 0 saturated carbocycles. The summed E-state index contributed by atoms with van der Waals surface area (Å²) in [6.07, 6.45) is 2.32. The molecular formula is C27H24N2O7S. The van der Waals surface area contributed by atoms with E-state index in [-0.39, 0.29) is 23.1 Å². The molecule has 0 atom stereocenters. The van der Waals surface area contributed by atoms with Crippen LogP contribution in [0.5, 0.6) is 11.5 Å². The summed E-state index contributed by atoms with van der Waals surface area (Å²) in [7, 11) is 0. The van der Waals surface area contributed by atoms with Crippen molar-refractivity contribution in [1.29, 1.82) is 0 Å². The van der Waals surface area contributed by atoms with Crippen molar-refractivity contribution < 1.29 is 33.4 Å². The van der Waals surface area contributed by atoms with E-state index in [4.69, 9.17) is 31.2 Å². The van der Waals surface area contributed by atoms with Crippen molar-refractivity contribution in [1.82, 2.24) is 5.32 Å². The Hall–Kier alpha value is -4.44. The van der Waals surface area contributed by atoms with Crippen LogP contribution in [0.4, 0.5) is 5.69 Å². The van der Waals surface area contributed by atoms with Crippen LogP contribution in [0, 0.1) is 0 Å². The van der Waals surface area contributed by atoms with Gasteiger partial charge in [0.2, 0.25) is 5.76 Å². The van der Waals surface area contributed by atoms with E-state index < -0.39 is 17.8 Å². The molecule has 4 rings (SSSR count). The van der Waals surface area contributed by atoms with E-state index in [1.165, 1.54) is 23.1 Å². The van der Waals surface area contributed by atoms with Crippen LogP contribution in [0.15, 0.2) is 64.6 Å². The zero-order valence-corrected chi connectivity index (χ0v) is 21.0. The van der Waals surface area contributed by atoms with Crippen molar-refractivity contribution in [3.05, 3.63) is 82.8 Å². The van der Waals surface area contributed by atoms with E-state index in [1.54, 1.807) is 37.3 Å². The number of nitrogens with one attached hydrogen (secondary N) is 1. The molecule has 9 nitrogen and oxygen atoms in total.